The quantitative estimate of drug-likeness (QED) is 0.295. The maximum absolute atomic E-state index is 11.0. The van der Waals surface area contributed by atoms with E-state index < -0.39 is 0 Å². The summed E-state index contributed by atoms with van der Waals surface area (Å²) in [6, 6.07) is 9.52. The zero-order chi connectivity index (χ0) is 22.3. The van der Waals surface area contributed by atoms with Crippen molar-refractivity contribution in [3.8, 4) is 0 Å². The van der Waals surface area contributed by atoms with Crippen LogP contribution in [0.5, 0.6) is 0 Å². The standard InChI is InChI=1S/C31H46O/c1-3-23(2)27-18-20-31(21-19-27)29-14-8-25(9-15-29)5-4-24-6-12-28(13-7-24)30-16-10-26(22-32)11-17-30/h6-7,12-13,22,25-27,29-31H,2-5,8-11,14-21H2,1H3. The zero-order valence-corrected chi connectivity index (χ0v) is 20.6. The Morgan fingerprint density at radius 2 is 1.44 bits per heavy atom. The van der Waals surface area contributed by atoms with Gasteiger partial charge in [-0.3, -0.25) is 0 Å². The highest BCUT2D eigenvalue weighted by Gasteiger charge is 2.31. The van der Waals surface area contributed by atoms with Gasteiger partial charge in [0.05, 0.1) is 0 Å². The zero-order valence-electron chi connectivity index (χ0n) is 20.6. The van der Waals surface area contributed by atoms with Gasteiger partial charge in [0.15, 0.2) is 0 Å². The first-order valence-electron chi connectivity index (χ1n) is 13.9. The first kappa shape index (κ1) is 23.8. The number of hydrogen-bond acceptors (Lipinski definition) is 1. The van der Waals surface area contributed by atoms with E-state index in [0.717, 1.165) is 36.5 Å². The van der Waals surface area contributed by atoms with Crippen LogP contribution < -0.4 is 0 Å². The van der Waals surface area contributed by atoms with E-state index in [4.69, 9.17) is 0 Å². The highest BCUT2D eigenvalue weighted by molar-refractivity contribution is 5.53. The number of carbonyl (C=O) groups excluding carboxylic acids is 1. The molecule has 0 aliphatic heterocycles. The summed E-state index contributed by atoms with van der Waals surface area (Å²) in [5, 5.41) is 0. The van der Waals surface area contributed by atoms with Crippen molar-refractivity contribution >= 4 is 6.29 Å². The number of carbonyl (C=O) groups is 1. The summed E-state index contributed by atoms with van der Waals surface area (Å²) in [6.07, 6.45) is 21.1. The average Bonchev–Trinajstić information content (AvgIpc) is 2.88. The molecule has 0 aromatic heterocycles. The highest BCUT2D eigenvalue weighted by Crippen LogP contribution is 2.43. The summed E-state index contributed by atoms with van der Waals surface area (Å²) in [7, 11) is 0. The Bertz CT molecular complexity index is 707. The molecule has 176 valence electrons. The lowest BCUT2D eigenvalue weighted by molar-refractivity contribution is -0.111. The van der Waals surface area contributed by atoms with Crippen molar-refractivity contribution in [2.45, 2.75) is 109 Å². The van der Waals surface area contributed by atoms with Crippen molar-refractivity contribution in [1.82, 2.24) is 0 Å². The third-order valence-corrected chi connectivity index (χ3v) is 9.62. The van der Waals surface area contributed by atoms with Crippen LogP contribution >= 0.6 is 0 Å². The lowest BCUT2D eigenvalue weighted by Gasteiger charge is -2.38. The Kier molecular flexibility index (Phi) is 8.67. The molecule has 1 heteroatoms. The SMILES string of the molecule is C=C(CC)C1CCC(C2CCC(CCc3ccc(C4CCC(C=O)CC4)cc3)CC2)CC1. The summed E-state index contributed by atoms with van der Waals surface area (Å²) in [4.78, 5) is 11.0. The van der Waals surface area contributed by atoms with Crippen LogP contribution in [-0.2, 0) is 11.2 Å². The van der Waals surface area contributed by atoms with E-state index in [-0.39, 0.29) is 0 Å². The van der Waals surface area contributed by atoms with Gasteiger partial charge in [-0.05, 0) is 124 Å². The fourth-order valence-electron chi connectivity index (χ4n) is 7.15. The van der Waals surface area contributed by atoms with E-state index in [2.05, 4.69) is 37.8 Å². The van der Waals surface area contributed by atoms with Crippen LogP contribution in [0, 0.1) is 29.6 Å². The molecular weight excluding hydrogens is 388 g/mol. The topological polar surface area (TPSA) is 17.1 Å². The summed E-state index contributed by atoms with van der Waals surface area (Å²) in [5.74, 6) is 4.77. The van der Waals surface area contributed by atoms with Crippen molar-refractivity contribution in [2.24, 2.45) is 29.6 Å². The molecule has 0 amide bonds. The van der Waals surface area contributed by atoms with Gasteiger partial charge in [0.2, 0.25) is 0 Å². The molecule has 0 saturated heterocycles. The third kappa shape index (κ3) is 6.15. The molecule has 0 unspecified atom stereocenters. The van der Waals surface area contributed by atoms with E-state index in [0.29, 0.717) is 11.8 Å². The molecule has 0 spiro atoms. The molecule has 0 atom stereocenters. The van der Waals surface area contributed by atoms with Gasteiger partial charge < -0.3 is 4.79 Å². The van der Waals surface area contributed by atoms with Crippen LogP contribution in [0.2, 0.25) is 0 Å². The van der Waals surface area contributed by atoms with Gasteiger partial charge in [0.25, 0.3) is 0 Å². The second-order valence-corrected chi connectivity index (χ2v) is 11.4. The molecule has 3 fully saturated rings. The van der Waals surface area contributed by atoms with Gasteiger partial charge in [-0.15, -0.1) is 0 Å². The maximum atomic E-state index is 11.0. The Morgan fingerprint density at radius 1 is 0.844 bits per heavy atom. The largest absolute Gasteiger partial charge is 0.303 e. The molecule has 0 radical (unpaired) electrons. The fraction of sp³-hybridized carbons (Fsp3) is 0.710. The second kappa shape index (κ2) is 11.7. The third-order valence-electron chi connectivity index (χ3n) is 9.62. The predicted molar refractivity (Wildman–Crippen MR) is 136 cm³/mol. The normalized spacial score (nSPS) is 33.5. The molecular formula is C31H46O. The van der Waals surface area contributed by atoms with E-state index in [1.165, 1.54) is 106 Å². The van der Waals surface area contributed by atoms with E-state index in [1.54, 1.807) is 0 Å². The number of aldehydes is 1. The van der Waals surface area contributed by atoms with E-state index in [9.17, 15) is 4.79 Å². The maximum Gasteiger partial charge on any atom is 0.123 e. The van der Waals surface area contributed by atoms with Gasteiger partial charge >= 0.3 is 0 Å². The van der Waals surface area contributed by atoms with Gasteiger partial charge in [0, 0.05) is 5.92 Å². The summed E-state index contributed by atoms with van der Waals surface area (Å²) >= 11 is 0. The number of rotatable bonds is 8. The molecule has 0 heterocycles. The van der Waals surface area contributed by atoms with Crippen molar-refractivity contribution in [3.05, 3.63) is 47.5 Å². The Balaban J connectivity index is 1.16. The minimum Gasteiger partial charge on any atom is -0.303 e. The van der Waals surface area contributed by atoms with Crippen LogP contribution in [0.4, 0.5) is 0 Å². The van der Waals surface area contributed by atoms with Crippen molar-refractivity contribution in [1.29, 1.82) is 0 Å². The number of hydrogen-bond donors (Lipinski definition) is 0. The van der Waals surface area contributed by atoms with E-state index >= 15 is 0 Å². The molecule has 3 aliphatic carbocycles. The summed E-state index contributed by atoms with van der Waals surface area (Å²) < 4.78 is 0. The Labute approximate surface area is 197 Å². The molecule has 1 nitrogen and oxygen atoms in total. The van der Waals surface area contributed by atoms with Gasteiger partial charge in [-0.25, -0.2) is 0 Å². The smallest absolute Gasteiger partial charge is 0.123 e. The van der Waals surface area contributed by atoms with Crippen molar-refractivity contribution < 1.29 is 4.79 Å². The average molecular weight is 435 g/mol. The number of allylic oxidation sites excluding steroid dienone is 1. The molecule has 0 N–H and O–H groups in total. The van der Waals surface area contributed by atoms with Crippen molar-refractivity contribution in [3.63, 3.8) is 0 Å². The van der Waals surface area contributed by atoms with Crippen LogP contribution in [0.25, 0.3) is 0 Å². The molecule has 0 bridgehead atoms. The molecule has 3 aliphatic rings. The monoisotopic (exact) mass is 434 g/mol. The van der Waals surface area contributed by atoms with E-state index in [1.807, 2.05) is 0 Å². The number of benzene rings is 1. The fourth-order valence-corrected chi connectivity index (χ4v) is 7.15. The first-order chi connectivity index (χ1) is 15.7. The van der Waals surface area contributed by atoms with Gasteiger partial charge in [-0.2, -0.15) is 0 Å². The van der Waals surface area contributed by atoms with Crippen LogP contribution in [0.15, 0.2) is 36.4 Å². The van der Waals surface area contributed by atoms with Crippen LogP contribution in [0.3, 0.4) is 0 Å². The predicted octanol–water partition coefficient (Wildman–Crippen LogP) is 8.67. The molecule has 1 aromatic rings. The van der Waals surface area contributed by atoms with Gasteiger partial charge in [0.1, 0.15) is 6.29 Å². The van der Waals surface area contributed by atoms with Crippen LogP contribution in [0.1, 0.15) is 114 Å². The Hall–Kier alpha value is -1.37. The second-order valence-electron chi connectivity index (χ2n) is 11.4. The molecule has 4 rings (SSSR count). The van der Waals surface area contributed by atoms with Crippen LogP contribution in [-0.4, -0.2) is 6.29 Å². The molecule has 1 aromatic carbocycles. The van der Waals surface area contributed by atoms with Crippen molar-refractivity contribution in [2.75, 3.05) is 0 Å². The first-order valence-corrected chi connectivity index (χ1v) is 13.9. The minimum atomic E-state index is 0.316. The molecule has 32 heavy (non-hydrogen) atoms. The Morgan fingerprint density at radius 3 is 2.00 bits per heavy atom. The van der Waals surface area contributed by atoms with Gasteiger partial charge in [-0.1, -0.05) is 56.2 Å². The summed E-state index contributed by atoms with van der Waals surface area (Å²) in [6.45, 7) is 6.58. The lowest BCUT2D eigenvalue weighted by atomic mass is 9.67. The summed E-state index contributed by atoms with van der Waals surface area (Å²) in [5.41, 5.74) is 4.52. The minimum absolute atomic E-state index is 0.316. The molecule has 3 saturated carbocycles. The highest BCUT2D eigenvalue weighted by atomic mass is 16.1. The number of aryl methyl sites for hydroxylation is 1. The lowest BCUT2D eigenvalue weighted by Crippen LogP contribution is -2.26.